The number of carboxylic acid groups (broad SMARTS) is 2. The fourth-order valence-corrected chi connectivity index (χ4v) is 2.95. The summed E-state index contributed by atoms with van der Waals surface area (Å²) in [7, 11) is 0. The van der Waals surface area contributed by atoms with Gasteiger partial charge in [-0.05, 0) is 20.3 Å². The van der Waals surface area contributed by atoms with Gasteiger partial charge < -0.3 is 25.0 Å². The van der Waals surface area contributed by atoms with Gasteiger partial charge in [-0.2, -0.15) is 0 Å². The summed E-state index contributed by atoms with van der Waals surface area (Å²) in [5.41, 5.74) is 1.29. The number of carbonyl (C=O) groups excluding carboxylic acids is 2. The van der Waals surface area contributed by atoms with Crippen LogP contribution in [0.1, 0.15) is 27.2 Å². The molecule has 0 saturated heterocycles. The average molecular weight is 341 g/mol. The first-order chi connectivity index (χ1) is 11.3. The van der Waals surface area contributed by atoms with E-state index in [2.05, 4.69) is 14.8 Å². The van der Waals surface area contributed by atoms with E-state index in [9.17, 15) is 29.4 Å². The van der Waals surface area contributed by atoms with E-state index >= 15 is 0 Å². The number of rotatable bonds is 9. The largest absolute Gasteiger partial charge is 0.478 e. The zero-order chi connectivity index (χ0) is 18.4. The van der Waals surface area contributed by atoms with E-state index < -0.39 is 30.1 Å². The number of dihydropyridines is 1. The van der Waals surface area contributed by atoms with E-state index in [1.54, 1.807) is 20.8 Å². The maximum Gasteiger partial charge on any atom is 0.349 e. The van der Waals surface area contributed by atoms with Gasteiger partial charge in [0.1, 0.15) is 0 Å². The molecule has 0 aliphatic carbocycles. The van der Waals surface area contributed by atoms with Gasteiger partial charge in [-0.1, -0.05) is 6.92 Å². The molecule has 0 radical (unpaired) electrons. The van der Waals surface area contributed by atoms with Gasteiger partial charge in [0.15, 0.2) is 0 Å². The second kappa shape index (κ2) is 8.14. The van der Waals surface area contributed by atoms with Crippen LogP contribution in [0.25, 0.3) is 0 Å². The molecule has 0 bridgehead atoms. The molecule has 0 aromatic rings. The normalized spacial score (nSPS) is 19.9. The Morgan fingerprint density at radius 1 is 1.04 bits per heavy atom. The molecule has 132 valence electrons. The summed E-state index contributed by atoms with van der Waals surface area (Å²) in [4.78, 5) is 44.2. The lowest BCUT2D eigenvalue weighted by atomic mass is 9.78. The van der Waals surface area contributed by atoms with E-state index in [-0.39, 0.29) is 24.1 Å². The minimum atomic E-state index is -1.58. The van der Waals surface area contributed by atoms with Crippen LogP contribution in [0.2, 0.25) is 0 Å². The smallest absolute Gasteiger partial charge is 0.349 e. The van der Waals surface area contributed by atoms with Crippen molar-refractivity contribution >= 4 is 24.9 Å². The van der Waals surface area contributed by atoms with E-state index in [1.165, 1.54) is 0 Å². The lowest BCUT2D eigenvalue weighted by Crippen LogP contribution is -2.41. The molecule has 2 atom stereocenters. The molecule has 0 aromatic heterocycles. The van der Waals surface area contributed by atoms with E-state index in [4.69, 9.17) is 0 Å². The Hall–Kier alpha value is -2.84. The van der Waals surface area contributed by atoms with E-state index in [1.807, 2.05) is 0 Å². The van der Waals surface area contributed by atoms with Crippen LogP contribution < -0.4 is 5.32 Å². The van der Waals surface area contributed by atoms with Crippen molar-refractivity contribution in [2.45, 2.75) is 39.4 Å². The Bertz CT molecular complexity index is 557. The number of nitrogens with one attached hydrogen (secondary N) is 1. The third-order valence-electron chi connectivity index (χ3n) is 3.80. The van der Waals surface area contributed by atoms with Gasteiger partial charge in [-0.3, -0.25) is 9.59 Å². The van der Waals surface area contributed by atoms with Crippen LogP contribution in [0.3, 0.4) is 0 Å². The van der Waals surface area contributed by atoms with Crippen LogP contribution in [0.4, 0.5) is 0 Å². The molecule has 2 unspecified atom stereocenters. The number of allylic oxidation sites excluding steroid dienone is 2. The van der Waals surface area contributed by atoms with Gasteiger partial charge >= 0.3 is 11.9 Å². The fourth-order valence-electron chi connectivity index (χ4n) is 2.95. The Balaban J connectivity index is 3.45. The molecule has 0 spiro atoms. The van der Waals surface area contributed by atoms with Crippen LogP contribution in [0, 0.1) is 5.92 Å². The third kappa shape index (κ3) is 3.73. The predicted molar refractivity (Wildman–Crippen MR) is 79.5 cm³/mol. The molecule has 1 heterocycles. The van der Waals surface area contributed by atoms with Crippen molar-refractivity contribution in [3.05, 3.63) is 22.5 Å². The summed E-state index contributed by atoms with van der Waals surface area (Å²) in [6, 6.07) is 0. The first kappa shape index (κ1) is 19.2. The molecule has 9 nitrogen and oxygen atoms in total. The van der Waals surface area contributed by atoms with Gasteiger partial charge in [-0.25, -0.2) is 9.59 Å². The van der Waals surface area contributed by atoms with Crippen molar-refractivity contribution in [1.29, 1.82) is 0 Å². The van der Waals surface area contributed by atoms with Gasteiger partial charge in [0.05, 0.1) is 0 Å². The van der Waals surface area contributed by atoms with Gasteiger partial charge in [0.2, 0.25) is 12.2 Å². The lowest BCUT2D eigenvalue weighted by Gasteiger charge is -2.35. The number of ether oxygens (including phenoxy) is 2. The highest BCUT2D eigenvalue weighted by Crippen LogP contribution is 2.37. The summed E-state index contributed by atoms with van der Waals surface area (Å²) in [5, 5.41) is 21.5. The van der Waals surface area contributed by atoms with Gasteiger partial charge in [0.25, 0.3) is 12.9 Å². The van der Waals surface area contributed by atoms with Crippen molar-refractivity contribution < 1.29 is 38.9 Å². The van der Waals surface area contributed by atoms with Crippen molar-refractivity contribution in [2.75, 3.05) is 0 Å². The molecule has 3 N–H and O–H groups in total. The average Bonchev–Trinajstić information content (AvgIpc) is 2.50. The first-order valence-electron chi connectivity index (χ1n) is 7.12. The van der Waals surface area contributed by atoms with E-state index in [0.717, 1.165) is 0 Å². The summed E-state index contributed by atoms with van der Waals surface area (Å²) in [5.74, 6) is -3.47. The Morgan fingerprint density at radius 3 is 1.67 bits per heavy atom. The van der Waals surface area contributed by atoms with Crippen LogP contribution in [0.5, 0.6) is 0 Å². The van der Waals surface area contributed by atoms with Gasteiger partial charge in [0, 0.05) is 28.5 Å². The molecular formula is C15H19NO8. The lowest BCUT2D eigenvalue weighted by molar-refractivity contribution is -0.155. The second-order valence-electron chi connectivity index (χ2n) is 5.15. The fraction of sp³-hybridized carbons (Fsp3) is 0.467. The Morgan fingerprint density at radius 2 is 1.42 bits per heavy atom. The van der Waals surface area contributed by atoms with Crippen molar-refractivity contribution in [1.82, 2.24) is 5.32 Å². The highest BCUT2D eigenvalue weighted by molar-refractivity contribution is 5.81. The number of aliphatic carboxylic acids is 2. The SMILES string of the molecule is CCC1C(C(OC=O)C(=O)O)=C(C)NC(C)=C1C(OC=O)C(=O)O. The molecule has 1 aliphatic rings. The molecule has 0 amide bonds. The highest BCUT2D eigenvalue weighted by atomic mass is 16.6. The molecule has 9 heteroatoms. The molecule has 0 aromatic carbocycles. The summed E-state index contributed by atoms with van der Waals surface area (Å²) in [6.07, 6.45) is -2.83. The minimum Gasteiger partial charge on any atom is -0.478 e. The van der Waals surface area contributed by atoms with Crippen LogP contribution in [-0.4, -0.2) is 47.3 Å². The van der Waals surface area contributed by atoms with Gasteiger partial charge in [-0.15, -0.1) is 0 Å². The number of carbonyl (C=O) groups is 4. The molecule has 0 fully saturated rings. The Kier molecular flexibility index (Phi) is 6.51. The first-order valence-corrected chi connectivity index (χ1v) is 7.12. The standard InChI is InChI=1S/C15H19NO8/c1-4-9-10(12(14(19)20)23-5-17)7(2)16-8(3)11(9)13(15(21)22)24-6-18/h5-6,9,12-13,16H,4H2,1-3H3,(H,19,20)(H,21,22). The van der Waals surface area contributed by atoms with Crippen molar-refractivity contribution in [3.63, 3.8) is 0 Å². The summed E-state index contributed by atoms with van der Waals surface area (Å²) < 4.78 is 9.34. The Labute approximate surface area is 137 Å². The van der Waals surface area contributed by atoms with Crippen LogP contribution >= 0.6 is 0 Å². The highest BCUT2D eigenvalue weighted by Gasteiger charge is 2.41. The summed E-state index contributed by atoms with van der Waals surface area (Å²) >= 11 is 0. The van der Waals surface area contributed by atoms with E-state index in [0.29, 0.717) is 17.8 Å². The van der Waals surface area contributed by atoms with Crippen LogP contribution in [-0.2, 0) is 28.7 Å². The predicted octanol–water partition coefficient (Wildman–Crippen LogP) is 0.416. The molecule has 24 heavy (non-hydrogen) atoms. The molecular weight excluding hydrogens is 322 g/mol. The maximum atomic E-state index is 11.4. The quantitative estimate of drug-likeness (QED) is 0.509. The van der Waals surface area contributed by atoms with Crippen molar-refractivity contribution in [3.8, 4) is 0 Å². The zero-order valence-corrected chi connectivity index (χ0v) is 13.4. The monoisotopic (exact) mass is 341 g/mol. The molecule has 1 aliphatic heterocycles. The third-order valence-corrected chi connectivity index (χ3v) is 3.80. The van der Waals surface area contributed by atoms with Crippen molar-refractivity contribution in [2.24, 2.45) is 5.92 Å². The van der Waals surface area contributed by atoms with Crippen LogP contribution in [0.15, 0.2) is 22.5 Å². The summed E-state index contributed by atoms with van der Waals surface area (Å²) in [6.45, 7) is 4.95. The number of hydrogen-bond acceptors (Lipinski definition) is 7. The molecule has 1 rings (SSSR count). The minimum absolute atomic E-state index is 0.0211. The topological polar surface area (TPSA) is 139 Å². The second-order valence-corrected chi connectivity index (χ2v) is 5.15. The number of carboxylic acids is 2. The zero-order valence-electron chi connectivity index (χ0n) is 13.4. The maximum absolute atomic E-state index is 11.4. The molecule has 0 saturated carbocycles. The number of hydrogen-bond donors (Lipinski definition) is 3.